The lowest BCUT2D eigenvalue weighted by atomic mass is 9.96. The molecule has 3 aromatic rings. The fraction of sp³-hybridized carbons (Fsp3) is 0.240. The zero-order chi connectivity index (χ0) is 24.0. The molecule has 0 aliphatic heterocycles. The molecule has 4 nitrogen and oxygen atoms in total. The van der Waals surface area contributed by atoms with Crippen molar-refractivity contribution >= 4 is 21.9 Å². The highest BCUT2D eigenvalue weighted by Crippen LogP contribution is 2.38. The molecule has 0 radical (unpaired) electrons. The van der Waals surface area contributed by atoms with Crippen LogP contribution in [0, 0.1) is 0 Å². The summed E-state index contributed by atoms with van der Waals surface area (Å²) in [5.41, 5.74) is 2.33. The number of carbonyl (C=O) groups is 1. The van der Waals surface area contributed by atoms with Crippen molar-refractivity contribution in [3.05, 3.63) is 100 Å². The van der Waals surface area contributed by atoms with Crippen LogP contribution in [0.2, 0.25) is 0 Å². The van der Waals surface area contributed by atoms with Gasteiger partial charge >= 0.3 is 12.3 Å². The van der Waals surface area contributed by atoms with Crippen molar-refractivity contribution in [2.75, 3.05) is 0 Å². The molecule has 174 valence electrons. The number of rotatable bonds is 9. The molecule has 33 heavy (non-hydrogen) atoms. The first kappa shape index (κ1) is 24.8. The number of benzene rings is 3. The molecule has 0 fully saturated rings. The van der Waals surface area contributed by atoms with Crippen LogP contribution >= 0.6 is 15.9 Å². The summed E-state index contributed by atoms with van der Waals surface area (Å²) >= 11 is 3.24. The minimum atomic E-state index is -4.86. The van der Waals surface area contributed by atoms with Gasteiger partial charge < -0.3 is 9.84 Å². The quantitative estimate of drug-likeness (QED) is 0.325. The molecular formula is C25H23BrF3NO3. The maximum atomic E-state index is 12.9. The summed E-state index contributed by atoms with van der Waals surface area (Å²) in [4.78, 5) is 13.8. The number of ether oxygens (including phenoxy) is 1. The molecule has 0 spiro atoms. The number of carboxylic acids is 1. The summed E-state index contributed by atoms with van der Waals surface area (Å²) in [6, 6.07) is 22.3. The van der Waals surface area contributed by atoms with E-state index in [0.717, 1.165) is 11.1 Å². The van der Waals surface area contributed by atoms with Gasteiger partial charge in [-0.15, -0.1) is 13.2 Å². The van der Waals surface area contributed by atoms with E-state index >= 15 is 0 Å². The third-order valence-corrected chi connectivity index (χ3v) is 5.73. The van der Waals surface area contributed by atoms with Crippen LogP contribution in [0.5, 0.6) is 5.75 Å². The molecule has 2 unspecified atom stereocenters. The van der Waals surface area contributed by atoms with E-state index in [1.807, 2.05) is 72.5 Å². The number of hydrogen-bond acceptors (Lipinski definition) is 3. The van der Waals surface area contributed by atoms with Crippen LogP contribution in [-0.2, 0) is 11.3 Å². The first-order valence-corrected chi connectivity index (χ1v) is 11.0. The normalized spacial score (nSPS) is 13.5. The highest BCUT2D eigenvalue weighted by atomic mass is 79.9. The van der Waals surface area contributed by atoms with E-state index in [0.29, 0.717) is 16.6 Å². The van der Waals surface area contributed by atoms with Crippen LogP contribution in [0.4, 0.5) is 13.2 Å². The van der Waals surface area contributed by atoms with Crippen molar-refractivity contribution in [1.29, 1.82) is 0 Å². The van der Waals surface area contributed by atoms with Crippen LogP contribution in [0.25, 0.3) is 0 Å². The van der Waals surface area contributed by atoms with Gasteiger partial charge in [-0.25, -0.2) is 0 Å². The molecule has 0 saturated heterocycles. The maximum Gasteiger partial charge on any atom is 0.573 e. The SMILES string of the molecule is CC(c1ccccc1)N(Cc1ccccc1)C(CC(=O)O)c1cc(Br)cc(OC(F)(F)F)c1. The van der Waals surface area contributed by atoms with Crippen molar-refractivity contribution in [3.8, 4) is 5.75 Å². The predicted octanol–water partition coefficient (Wildman–Crippen LogP) is 7.13. The Bertz CT molecular complexity index is 1060. The van der Waals surface area contributed by atoms with Gasteiger partial charge in [-0.3, -0.25) is 9.69 Å². The van der Waals surface area contributed by atoms with Gasteiger partial charge in [-0.2, -0.15) is 0 Å². The molecule has 8 heteroatoms. The minimum Gasteiger partial charge on any atom is -0.481 e. The zero-order valence-electron chi connectivity index (χ0n) is 17.8. The Labute approximate surface area is 198 Å². The van der Waals surface area contributed by atoms with Gasteiger partial charge in [0.2, 0.25) is 0 Å². The third-order valence-electron chi connectivity index (χ3n) is 5.27. The van der Waals surface area contributed by atoms with E-state index < -0.39 is 24.1 Å². The summed E-state index contributed by atoms with van der Waals surface area (Å²) in [6.07, 6.45) is -5.16. The average Bonchev–Trinajstić information content (AvgIpc) is 2.75. The molecule has 0 aromatic heterocycles. The number of carboxylic acid groups (broad SMARTS) is 1. The first-order valence-electron chi connectivity index (χ1n) is 10.2. The topological polar surface area (TPSA) is 49.8 Å². The number of hydrogen-bond donors (Lipinski definition) is 1. The predicted molar refractivity (Wildman–Crippen MR) is 123 cm³/mol. The number of alkyl halides is 3. The Hall–Kier alpha value is -2.84. The summed E-state index contributed by atoms with van der Waals surface area (Å²) in [5, 5.41) is 9.69. The molecule has 0 bridgehead atoms. The molecule has 0 aliphatic carbocycles. The molecule has 0 heterocycles. The summed E-state index contributed by atoms with van der Waals surface area (Å²) in [7, 11) is 0. The summed E-state index contributed by atoms with van der Waals surface area (Å²) < 4.78 is 43.1. The molecule has 2 atom stereocenters. The highest BCUT2D eigenvalue weighted by molar-refractivity contribution is 9.10. The van der Waals surface area contributed by atoms with Gasteiger partial charge in [-0.05, 0) is 41.8 Å². The fourth-order valence-corrected chi connectivity index (χ4v) is 4.29. The Morgan fingerprint density at radius 1 is 1.00 bits per heavy atom. The first-order chi connectivity index (χ1) is 15.6. The number of aliphatic carboxylic acids is 1. The van der Waals surface area contributed by atoms with E-state index in [1.54, 1.807) is 6.07 Å². The zero-order valence-corrected chi connectivity index (χ0v) is 19.4. The lowest BCUT2D eigenvalue weighted by molar-refractivity contribution is -0.274. The smallest absolute Gasteiger partial charge is 0.481 e. The van der Waals surface area contributed by atoms with Gasteiger partial charge in [0, 0.05) is 23.1 Å². The van der Waals surface area contributed by atoms with E-state index in [9.17, 15) is 23.1 Å². The standard InChI is InChI=1S/C25H23BrF3NO3/c1-17(19-10-6-3-7-11-19)30(16-18-8-4-2-5-9-18)23(15-24(31)32)20-12-21(26)14-22(13-20)33-25(27,28)29/h2-14,17,23H,15-16H2,1H3,(H,31,32). The summed E-state index contributed by atoms with van der Waals surface area (Å²) in [6.45, 7) is 2.36. The number of halogens is 4. The van der Waals surface area contributed by atoms with Crippen molar-refractivity contribution in [2.24, 2.45) is 0 Å². The van der Waals surface area contributed by atoms with Crippen LogP contribution in [-0.4, -0.2) is 22.3 Å². The Morgan fingerprint density at radius 3 is 2.18 bits per heavy atom. The second kappa shape index (κ2) is 10.9. The average molecular weight is 522 g/mol. The Morgan fingerprint density at radius 2 is 1.61 bits per heavy atom. The van der Waals surface area contributed by atoms with Crippen LogP contribution in [0.15, 0.2) is 83.3 Å². The Kier molecular flexibility index (Phi) is 8.15. The molecule has 3 aromatic carbocycles. The lowest BCUT2D eigenvalue weighted by Crippen LogP contribution is -2.33. The molecular weight excluding hydrogens is 499 g/mol. The van der Waals surface area contributed by atoms with Crippen LogP contribution in [0.1, 0.15) is 42.1 Å². The minimum absolute atomic E-state index is 0.221. The van der Waals surface area contributed by atoms with Crippen molar-refractivity contribution in [3.63, 3.8) is 0 Å². The maximum absolute atomic E-state index is 12.9. The van der Waals surface area contributed by atoms with Gasteiger partial charge in [-0.1, -0.05) is 76.6 Å². The second-order valence-electron chi connectivity index (χ2n) is 7.63. The monoisotopic (exact) mass is 521 g/mol. The van der Waals surface area contributed by atoms with Gasteiger partial charge in [0.05, 0.1) is 6.42 Å². The molecule has 0 aliphatic rings. The fourth-order valence-electron chi connectivity index (χ4n) is 3.80. The molecule has 0 amide bonds. The van der Waals surface area contributed by atoms with Crippen LogP contribution < -0.4 is 4.74 Å². The van der Waals surface area contributed by atoms with Crippen LogP contribution in [0.3, 0.4) is 0 Å². The van der Waals surface area contributed by atoms with E-state index in [2.05, 4.69) is 20.7 Å². The van der Waals surface area contributed by atoms with E-state index in [-0.39, 0.29) is 12.5 Å². The van der Waals surface area contributed by atoms with Crippen molar-refractivity contribution in [1.82, 2.24) is 4.90 Å². The Balaban J connectivity index is 2.08. The molecule has 0 saturated carbocycles. The summed E-state index contributed by atoms with van der Waals surface area (Å²) in [5.74, 6) is -1.47. The largest absolute Gasteiger partial charge is 0.573 e. The van der Waals surface area contributed by atoms with Gasteiger partial charge in [0.15, 0.2) is 0 Å². The third kappa shape index (κ3) is 7.33. The van der Waals surface area contributed by atoms with Crippen molar-refractivity contribution < 1.29 is 27.8 Å². The highest BCUT2D eigenvalue weighted by Gasteiger charge is 2.33. The molecule has 1 N–H and O–H groups in total. The van der Waals surface area contributed by atoms with E-state index in [4.69, 9.17) is 0 Å². The molecule has 3 rings (SSSR count). The van der Waals surface area contributed by atoms with Gasteiger partial charge in [0.1, 0.15) is 5.75 Å². The second-order valence-corrected chi connectivity index (χ2v) is 8.54. The van der Waals surface area contributed by atoms with E-state index in [1.165, 1.54) is 12.1 Å². The van der Waals surface area contributed by atoms with Gasteiger partial charge in [0.25, 0.3) is 0 Å². The number of nitrogens with zero attached hydrogens (tertiary/aromatic N) is 1. The van der Waals surface area contributed by atoms with Crippen molar-refractivity contribution in [2.45, 2.75) is 38.3 Å². The lowest BCUT2D eigenvalue weighted by Gasteiger charge is -2.37.